The summed E-state index contributed by atoms with van der Waals surface area (Å²) in [4.78, 5) is 4.39. The van der Waals surface area contributed by atoms with E-state index >= 15 is 0 Å². The Morgan fingerprint density at radius 2 is 1.78 bits per heavy atom. The summed E-state index contributed by atoms with van der Waals surface area (Å²) >= 11 is 0. The average Bonchev–Trinajstić information content (AvgIpc) is 3.19. The number of fused-ring (bicyclic) bond motifs is 2. The van der Waals surface area contributed by atoms with Crippen molar-refractivity contribution in [2.24, 2.45) is 0 Å². The molecule has 4 nitrogen and oxygen atoms in total. The maximum atomic E-state index is 11.1. The van der Waals surface area contributed by atoms with Crippen molar-refractivity contribution in [1.29, 1.82) is 0 Å². The number of benzene rings is 3. The smallest absolute Gasteiger partial charge is 0.205 e. The molecule has 0 aliphatic rings. The fraction of sp³-hybridized carbons (Fsp3) is 0.179. The molecule has 0 aliphatic heterocycles. The van der Waals surface area contributed by atoms with Crippen LogP contribution in [-0.2, 0) is 6.54 Å². The molecule has 3 aromatic carbocycles. The number of rotatable bonds is 6. The van der Waals surface area contributed by atoms with E-state index in [0.29, 0.717) is 12.5 Å². The normalized spacial score (nSPS) is 12.3. The van der Waals surface area contributed by atoms with Gasteiger partial charge in [-0.15, -0.1) is 0 Å². The minimum Gasteiger partial charge on any atom is -0.494 e. The monoisotopic (exact) mass is 421 g/mol. The van der Waals surface area contributed by atoms with Crippen molar-refractivity contribution in [2.75, 3.05) is 5.32 Å². The Labute approximate surface area is 188 Å². The van der Waals surface area contributed by atoms with Crippen LogP contribution in [-0.4, -0.2) is 14.7 Å². The molecule has 5 rings (SSSR count). The third-order valence-electron chi connectivity index (χ3n) is 6.32. The summed E-state index contributed by atoms with van der Waals surface area (Å²) < 4.78 is 1.86. The Hall–Kier alpha value is -3.79. The third kappa shape index (κ3) is 3.69. The number of aromatic hydroxyl groups is 1. The molecular formula is C28H27N3O. The molecule has 0 radical (unpaired) electrons. The quantitative estimate of drug-likeness (QED) is 0.310. The van der Waals surface area contributed by atoms with Gasteiger partial charge in [-0.25, -0.2) is 0 Å². The second kappa shape index (κ2) is 8.39. The zero-order valence-corrected chi connectivity index (χ0v) is 18.4. The number of nitrogens with one attached hydrogen (secondary N) is 1. The SMILES string of the molecule is CCC(C)c1ccc(-n2cc3cccc(NCc4ccc5ncccc5c4)c3c2O)cc1. The van der Waals surface area contributed by atoms with Gasteiger partial charge in [0.25, 0.3) is 0 Å². The minimum atomic E-state index is 0.252. The molecule has 0 saturated heterocycles. The van der Waals surface area contributed by atoms with Gasteiger partial charge in [-0.1, -0.05) is 50.2 Å². The maximum Gasteiger partial charge on any atom is 0.205 e. The molecule has 1 atom stereocenters. The van der Waals surface area contributed by atoms with Gasteiger partial charge in [0.2, 0.25) is 5.88 Å². The molecule has 0 fully saturated rings. The van der Waals surface area contributed by atoms with E-state index in [9.17, 15) is 5.11 Å². The second-order valence-corrected chi connectivity index (χ2v) is 8.38. The topological polar surface area (TPSA) is 50.1 Å². The Morgan fingerprint density at radius 3 is 2.59 bits per heavy atom. The predicted molar refractivity (Wildman–Crippen MR) is 133 cm³/mol. The van der Waals surface area contributed by atoms with E-state index in [4.69, 9.17) is 0 Å². The van der Waals surface area contributed by atoms with Crippen LogP contribution in [0.5, 0.6) is 5.88 Å². The van der Waals surface area contributed by atoms with Crippen LogP contribution in [0.15, 0.2) is 85.2 Å². The number of nitrogens with zero attached hydrogens (tertiary/aromatic N) is 2. The number of aromatic nitrogens is 2. The van der Waals surface area contributed by atoms with Gasteiger partial charge < -0.3 is 10.4 Å². The van der Waals surface area contributed by atoms with Gasteiger partial charge in [-0.05, 0) is 59.9 Å². The summed E-state index contributed by atoms with van der Waals surface area (Å²) in [6, 6.07) is 24.9. The van der Waals surface area contributed by atoms with Crippen LogP contribution in [0.3, 0.4) is 0 Å². The summed E-state index contributed by atoms with van der Waals surface area (Å²) in [5.74, 6) is 0.783. The van der Waals surface area contributed by atoms with E-state index in [1.807, 2.05) is 47.3 Å². The lowest BCUT2D eigenvalue weighted by Gasteiger charge is -2.11. The molecule has 2 heterocycles. The van der Waals surface area contributed by atoms with Crippen molar-refractivity contribution in [3.05, 3.63) is 96.3 Å². The van der Waals surface area contributed by atoms with Gasteiger partial charge in [0.1, 0.15) is 0 Å². The Morgan fingerprint density at radius 1 is 0.969 bits per heavy atom. The first-order valence-corrected chi connectivity index (χ1v) is 11.1. The molecule has 2 aromatic heterocycles. The Bertz CT molecular complexity index is 1390. The molecule has 1 unspecified atom stereocenters. The number of hydrogen-bond acceptors (Lipinski definition) is 3. The minimum absolute atomic E-state index is 0.252. The standard InChI is InChI=1S/C28H27N3O/c1-3-19(2)21-10-12-24(13-11-21)31-18-23-6-4-8-26(27(23)28(31)32)30-17-20-9-14-25-22(16-20)7-5-15-29-25/h4-16,18-19,30,32H,3,17H2,1-2H3. The summed E-state index contributed by atoms with van der Waals surface area (Å²) in [7, 11) is 0. The van der Waals surface area contributed by atoms with Gasteiger partial charge in [0.15, 0.2) is 0 Å². The van der Waals surface area contributed by atoms with Crippen molar-refractivity contribution in [3.63, 3.8) is 0 Å². The van der Waals surface area contributed by atoms with Crippen molar-refractivity contribution in [1.82, 2.24) is 9.55 Å². The highest BCUT2D eigenvalue weighted by molar-refractivity contribution is 5.99. The highest BCUT2D eigenvalue weighted by Gasteiger charge is 2.14. The van der Waals surface area contributed by atoms with Gasteiger partial charge in [0.05, 0.1) is 10.9 Å². The molecule has 0 amide bonds. The van der Waals surface area contributed by atoms with Gasteiger partial charge >= 0.3 is 0 Å². The molecule has 32 heavy (non-hydrogen) atoms. The number of hydrogen-bond donors (Lipinski definition) is 2. The largest absolute Gasteiger partial charge is 0.494 e. The van der Waals surface area contributed by atoms with Crippen molar-refractivity contribution >= 4 is 27.4 Å². The van der Waals surface area contributed by atoms with Crippen LogP contribution in [0.2, 0.25) is 0 Å². The maximum absolute atomic E-state index is 11.1. The lowest BCUT2D eigenvalue weighted by Crippen LogP contribution is -2.00. The molecule has 160 valence electrons. The van der Waals surface area contributed by atoms with Crippen LogP contribution in [0.4, 0.5) is 5.69 Å². The van der Waals surface area contributed by atoms with Gasteiger partial charge in [-0.3, -0.25) is 9.55 Å². The third-order valence-corrected chi connectivity index (χ3v) is 6.32. The highest BCUT2D eigenvalue weighted by Crippen LogP contribution is 2.36. The molecule has 0 spiro atoms. The first-order valence-electron chi connectivity index (χ1n) is 11.1. The van der Waals surface area contributed by atoms with Gasteiger partial charge in [0, 0.05) is 41.1 Å². The molecule has 0 bridgehead atoms. The van der Waals surface area contributed by atoms with Crippen LogP contribution in [0.25, 0.3) is 27.4 Å². The lowest BCUT2D eigenvalue weighted by molar-refractivity contribution is 0.448. The predicted octanol–water partition coefficient (Wildman–Crippen LogP) is 7.01. The van der Waals surface area contributed by atoms with Gasteiger partial charge in [-0.2, -0.15) is 0 Å². The van der Waals surface area contributed by atoms with Crippen LogP contribution in [0, 0.1) is 0 Å². The van der Waals surface area contributed by atoms with E-state index in [2.05, 4.69) is 66.6 Å². The number of anilines is 1. The first-order chi connectivity index (χ1) is 15.6. The summed E-state index contributed by atoms with van der Waals surface area (Å²) in [6.45, 7) is 5.10. The van der Waals surface area contributed by atoms with Crippen LogP contribution in [0.1, 0.15) is 37.3 Å². The molecule has 2 N–H and O–H groups in total. The molecule has 4 heteroatoms. The molecule has 0 saturated carbocycles. The summed E-state index contributed by atoms with van der Waals surface area (Å²) in [5.41, 5.74) is 5.36. The molecule has 5 aromatic rings. The molecule has 0 aliphatic carbocycles. The Balaban J connectivity index is 1.45. The second-order valence-electron chi connectivity index (χ2n) is 8.38. The van der Waals surface area contributed by atoms with Crippen LogP contribution >= 0.6 is 0 Å². The zero-order chi connectivity index (χ0) is 22.1. The van der Waals surface area contributed by atoms with E-state index < -0.39 is 0 Å². The highest BCUT2D eigenvalue weighted by atomic mass is 16.3. The van der Waals surface area contributed by atoms with E-state index in [-0.39, 0.29) is 5.88 Å². The van der Waals surface area contributed by atoms with E-state index in [0.717, 1.165) is 39.5 Å². The van der Waals surface area contributed by atoms with E-state index in [1.165, 1.54) is 11.1 Å². The number of pyridine rings is 1. The fourth-order valence-electron chi connectivity index (χ4n) is 4.22. The Kier molecular flexibility index (Phi) is 5.28. The zero-order valence-electron chi connectivity index (χ0n) is 18.4. The average molecular weight is 422 g/mol. The lowest BCUT2D eigenvalue weighted by atomic mass is 9.99. The van der Waals surface area contributed by atoms with Crippen molar-refractivity contribution < 1.29 is 5.11 Å². The summed E-state index contributed by atoms with van der Waals surface area (Å²) in [5, 5.41) is 17.6. The van der Waals surface area contributed by atoms with Crippen molar-refractivity contribution in [2.45, 2.75) is 32.7 Å². The van der Waals surface area contributed by atoms with E-state index in [1.54, 1.807) is 0 Å². The summed E-state index contributed by atoms with van der Waals surface area (Å²) in [6.07, 6.45) is 4.92. The fourth-order valence-corrected chi connectivity index (χ4v) is 4.22. The van der Waals surface area contributed by atoms with Crippen LogP contribution < -0.4 is 5.32 Å². The molecular weight excluding hydrogens is 394 g/mol. The first kappa shape index (κ1) is 20.1. The van der Waals surface area contributed by atoms with Crippen molar-refractivity contribution in [3.8, 4) is 11.6 Å².